The number of aromatic nitrogens is 2. The maximum atomic E-state index is 13.2. The molecule has 0 bridgehead atoms. The number of nitrogens with two attached hydrogens (primary N) is 1. The Morgan fingerprint density at radius 2 is 1.97 bits per heavy atom. The van der Waals surface area contributed by atoms with Crippen molar-refractivity contribution in [3.63, 3.8) is 0 Å². The van der Waals surface area contributed by atoms with E-state index in [0.717, 1.165) is 24.3 Å². The van der Waals surface area contributed by atoms with Crippen molar-refractivity contribution in [2.75, 3.05) is 31.2 Å². The van der Waals surface area contributed by atoms with Gasteiger partial charge in [-0.3, -0.25) is 9.20 Å². The summed E-state index contributed by atoms with van der Waals surface area (Å²) in [7, 11) is 0. The smallest absolute Gasteiger partial charge is 0.301 e. The SMILES string of the molecule is N/C(=N\O)c1nc2ccc(N3CCOCC3)cn2c(=O)c1OCc1ccccc1. The number of morpholine rings is 1. The molecule has 1 aromatic carbocycles. The second-order valence-corrected chi connectivity index (χ2v) is 6.57. The fourth-order valence-electron chi connectivity index (χ4n) is 3.20. The van der Waals surface area contributed by atoms with Crippen LogP contribution in [0.5, 0.6) is 5.75 Å². The second kappa shape index (κ2) is 8.19. The number of pyridine rings is 1. The molecule has 0 aliphatic carbocycles. The van der Waals surface area contributed by atoms with E-state index in [1.165, 1.54) is 4.40 Å². The van der Waals surface area contributed by atoms with Crippen molar-refractivity contribution >= 4 is 17.2 Å². The minimum Gasteiger partial charge on any atom is -0.481 e. The summed E-state index contributed by atoms with van der Waals surface area (Å²) in [5, 5.41) is 12.1. The van der Waals surface area contributed by atoms with E-state index in [9.17, 15) is 4.79 Å². The van der Waals surface area contributed by atoms with Crippen molar-refractivity contribution in [2.45, 2.75) is 6.61 Å². The Morgan fingerprint density at radius 3 is 2.69 bits per heavy atom. The number of benzene rings is 1. The molecule has 3 aromatic rings. The van der Waals surface area contributed by atoms with Gasteiger partial charge in [0.05, 0.1) is 18.9 Å². The van der Waals surface area contributed by atoms with Gasteiger partial charge in [0.1, 0.15) is 12.3 Å². The predicted molar refractivity (Wildman–Crippen MR) is 108 cm³/mol. The predicted octanol–water partition coefficient (Wildman–Crippen LogP) is 1.20. The Morgan fingerprint density at radius 1 is 1.21 bits per heavy atom. The molecule has 9 nitrogen and oxygen atoms in total. The van der Waals surface area contributed by atoms with Crippen LogP contribution in [0.2, 0.25) is 0 Å². The van der Waals surface area contributed by atoms with Gasteiger partial charge >= 0.3 is 5.56 Å². The van der Waals surface area contributed by atoms with Crippen LogP contribution >= 0.6 is 0 Å². The van der Waals surface area contributed by atoms with Crippen molar-refractivity contribution < 1.29 is 14.7 Å². The zero-order valence-electron chi connectivity index (χ0n) is 15.7. The number of nitrogens with zero attached hydrogens (tertiary/aromatic N) is 4. The van der Waals surface area contributed by atoms with Gasteiger partial charge in [-0.1, -0.05) is 35.5 Å². The molecule has 0 unspecified atom stereocenters. The average molecular weight is 395 g/mol. The first-order chi connectivity index (χ1) is 14.2. The fraction of sp³-hybridized carbons (Fsp3) is 0.250. The van der Waals surface area contributed by atoms with Crippen LogP contribution in [0.4, 0.5) is 5.69 Å². The first kappa shape index (κ1) is 18.8. The number of fused-ring (bicyclic) bond motifs is 1. The van der Waals surface area contributed by atoms with Crippen molar-refractivity contribution in [1.82, 2.24) is 9.38 Å². The molecule has 0 saturated carbocycles. The molecule has 29 heavy (non-hydrogen) atoms. The lowest BCUT2D eigenvalue weighted by Crippen LogP contribution is -2.36. The Balaban J connectivity index is 1.77. The molecule has 0 radical (unpaired) electrons. The highest BCUT2D eigenvalue weighted by Gasteiger charge is 2.19. The van der Waals surface area contributed by atoms with Crippen LogP contribution < -0.4 is 20.9 Å². The molecule has 4 rings (SSSR count). The molecule has 1 fully saturated rings. The van der Waals surface area contributed by atoms with E-state index >= 15 is 0 Å². The number of anilines is 1. The monoisotopic (exact) mass is 395 g/mol. The topological polar surface area (TPSA) is 115 Å². The number of amidine groups is 1. The Kier molecular flexibility index (Phi) is 5.30. The Hall–Kier alpha value is -3.59. The van der Waals surface area contributed by atoms with Crippen LogP contribution in [-0.4, -0.2) is 46.7 Å². The summed E-state index contributed by atoms with van der Waals surface area (Å²) in [6.07, 6.45) is 1.72. The summed E-state index contributed by atoms with van der Waals surface area (Å²) in [4.78, 5) is 19.7. The molecule has 0 atom stereocenters. The number of hydrogen-bond acceptors (Lipinski definition) is 7. The fourth-order valence-corrected chi connectivity index (χ4v) is 3.20. The van der Waals surface area contributed by atoms with E-state index in [2.05, 4.69) is 15.0 Å². The first-order valence-corrected chi connectivity index (χ1v) is 9.21. The zero-order valence-corrected chi connectivity index (χ0v) is 15.7. The molecule has 1 aliphatic heterocycles. The van der Waals surface area contributed by atoms with E-state index in [1.54, 1.807) is 12.3 Å². The Bertz CT molecular complexity index is 1090. The molecule has 1 saturated heterocycles. The van der Waals surface area contributed by atoms with Crippen molar-refractivity contribution in [1.29, 1.82) is 0 Å². The number of hydrogen-bond donors (Lipinski definition) is 2. The highest BCUT2D eigenvalue weighted by atomic mass is 16.5. The molecule has 3 heterocycles. The van der Waals surface area contributed by atoms with Crippen LogP contribution in [0.1, 0.15) is 11.3 Å². The van der Waals surface area contributed by atoms with E-state index in [-0.39, 0.29) is 23.9 Å². The van der Waals surface area contributed by atoms with Crippen LogP contribution in [0.15, 0.2) is 58.6 Å². The number of rotatable bonds is 5. The summed E-state index contributed by atoms with van der Waals surface area (Å²) in [6.45, 7) is 2.91. The minimum absolute atomic E-state index is 0.00699. The van der Waals surface area contributed by atoms with Crippen LogP contribution in [0.25, 0.3) is 5.65 Å². The molecule has 3 N–H and O–H groups in total. The lowest BCUT2D eigenvalue weighted by molar-refractivity contribution is 0.122. The largest absolute Gasteiger partial charge is 0.481 e. The number of ether oxygens (including phenoxy) is 2. The highest BCUT2D eigenvalue weighted by molar-refractivity contribution is 5.98. The molecule has 1 aliphatic rings. The quantitative estimate of drug-likeness (QED) is 0.289. The maximum Gasteiger partial charge on any atom is 0.301 e. The standard InChI is InChI=1S/C20H21N5O4/c21-19(23-27)17-18(29-13-14-4-2-1-3-5-14)20(26)25-12-15(6-7-16(25)22-17)24-8-10-28-11-9-24/h1-7,12,27H,8-11,13H2,(H2,21,23). The third-order valence-corrected chi connectivity index (χ3v) is 4.72. The summed E-state index contributed by atoms with van der Waals surface area (Å²) in [5.74, 6) is -0.356. The molecule has 2 aromatic heterocycles. The first-order valence-electron chi connectivity index (χ1n) is 9.21. The molecular formula is C20H21N5O4. The molecule has 150 valence electrons. The summed E-state index contributed by atoms with van der Waals surface area (Å²) in [5.41, 5.74) is 7.48. The van der Waals surface area contributed by atoms with Gasteiger partial charge in [-0.2, -0.15) is 0 Å². The maximum absolute atomic E-state index is 13.2. The normalized spacial score (nSPS) is 14.9. The average Bonchev–Trinajstić information content (AvgIpc) is 2.79. The van der Waals surface area contributed by atoms with Gasteiger partial charge in [0.2, 0.25) is 5.75 Å². The van der Waals surface area contributed by atoms with E-state index in [0.29, 0.717) is 18.9 Å². The summed E-state index contributed by atoms with van der Waals surface area (Å²) < 4.78 is 12.6. The summed E-state index contributed by atoms with van der Waals surface area (Å²) in [6, 6.07) is 13.0. The van der Waals surface area contributed by atoms with Gasteiger partial charge in [0, 0.05) is 19.3 Å². The van der Waals surface area contributed by atoms with Gasteiger partial charge in [-0.15, -0.1) is 0 Å². The van der Waals surface area contributed by atoms with E-state index in [4.69, 9.17) is 20.4 Å². The minimum atomic E-state index is -0.428. The van der Waals surface area contributed by atoms with Crippen LogP contribution in [0.3, 0.4) is 0 Å². The molecule has 0 spiro atoms. The Labute approximate surface area is 166 Å². The van der Waals surface area contributed by atoms with Crippen molar-refractivity contribution in [3.8, 4) is 5.75 Å². The van der Waals surface area contributed by atoms with Gasteiger partial charge < -0.3 is 25.3 Å². The summed E-state index contributed by atoms with van der Waals surface area (Å²) >= 11 is 0. The van der Waals surface area contributed by atoms with Gasteiger partial charge in [-0.25, -0.2) is 4.98 Å². The van der Waals surface area contributed by atoms with Crippen LogP contribution in [-0.2, 0) is 11.3 Å². The van der Waals surface area contributed by atoms with Gasteiger partial charge in [0.25, 0.3) is 0 Å². The van der Waals surface area contributed by atoms with Crippen LogP contribution in [0, 0.1) is 0 Å². The van der Waals surface area contributed by atoms with Crippen molar-refractivity contribution in [3.05, 3.63) is 70.3 Å². The van der Waals surface area contributed by atoms with Gasteiger partial charge in [0.15, 0.2) is 11.5 Å². The second-order valence-electron chi connectivity index (χ2n) is 6.57. The molecule has 0 amide bonds. The van der Waals surface area contributed by atoms with E-state index < -0.39 is 5.56 Å². The number of oxime groups is 1. The molecular weight excluding hydrogens is 374 g/mol. The van der Waals surface area contributed by atoms with E-state index in [1.807, 2.05) is 36.4 Å². The molecule has 9 heteroatoms. The lowest BCUT2D eigenvalue weighted by atomic mass is 10.2. The third kappa shape index (κ3) is 3.85. The zero-order chi connectivity index (χ0) is 20.2. The third-order valence-electron chi connectivity index (χ3n) is 4.72. The van der Waals surface area contributed by atoms with Crippen molar-refractivity contribution in [2.24, 2.45) is 10.9 Å². The highest BCUT2D eigenvalue weighted by Crippen LogP contribution is 2.19. The lowest BCUT2D eigenvalue weighted by Gasteiger charge is -2.28. The van der Waals surface area contributed by atoms with Gasteiger partial charge in [-0.05, 0) is 17.7 Å².